The van der Waals surface area contributed by atoms with E-state index in [4.69, 9.17) is 0 Å². The summed E-state index contributed by atoms with van der Waals surface area (Å²) in [5.41, 5.74) is -1.03. The van der Waals surface area contributed by atoms with E-state index >= 15 is 0 Å². The molecule has 1 aliphatic carbocycles. The topological polar surface area (TPSA) is 83.6 Å². The lowest BCUT2D eigenvalue weighted by molar-refractivity contribution is -0.123. The number of carbonyl (C=O) groups excluding carboxylic acids is 4. The monoisotopic (exact) mass is 406 g/mol. The smallest absolute Gasteiger partial charge is 0.240 e. The Balaban J connectivity index is 1.67. The van der Waals surface area contributed by atoms with E-state index in [0.29, 0.717) is 0 Å². The molecule has 1 spiro atoms. The van der Waals surface area contributed by atoms with Crippen molar-refractivity contribution in [2.24, 2.45) is 17.8 Å². The van der Waals surface area contributed by atoms with Crippen molar-refractivity contribution in [2.75, 3.05) is 4.90 Å². The zero-order valence-corrected chi connectivity index (χ0v) is 16.4. The van der Waals surface area contributed by atoms with E-state index in [1.807, 2.05) is 13.8 Å². The lowest BCUT2D eigenvalue weighted by Gasteiger charge is -2.29. The Morgan fingerprint density at radius 3 is 2.00 bits per heavy atom. The van der Waals surface area contributed by atoms with E-state index in [-0.39, 0.29) is 22.7 Å². The summed E-state index contributed by atoms with van der Waals surface area (Å²) >= 11 is 0. The summed E-state index contributed by atoms with van der Waals surface area (Å²) in [6, 6.07) is 11.0. The molecule has 0 radical (unpaired) electrons. The molecule has 3 atom stereocenters. The van der Waals surface area contributed by atoms with Gasteiger partial charge in [0.05, 0.1) is 17.5 Å². The third kappa shape index (κ3) is 2.15. The third-order valence-electron chi connectivity index (χ3n) is 6.53. The Morgan fingerprint density at radius 2 is 1.47 bits per heavy atom. The molecular formula is C23H19FN2O4. The molecule has 0 aromatic heterocycles. The number of nitrogens with one attached hydrogen (secondary N) is 1. The fourth-order valence-electron chi connectivity index (χ4n) is 5.20. The van der Waals surface area contributed by atoms with Crippen LogP contribution in [0.15, 0.2) is 48.5 Å². The number of carbonyl (C=O) groups is 4. The van der Waals surface area contributed by atoms with Crippen LogP contribution in [0.4, 0.5) is 10.1 Å². The summed E-state index contributed by atoms with van der Waals surface area (Å²) in [6.45, 7) is 3.76. The molecule has 2 aromatic rings. The minimum atomic E-state index is -1.79. The van der Waals surface area contributed by atoms with Gasteiger partial charge in [-0.25, -0.2) is 9.29 Å². The van der Waals surface area contributed by atoms with Crippen molar-refractivity contribution in [1.82, 2.24) is 5.32 Å². The first kappa shape index (κ1) is 18.8. The van der Waals surface area contributed by atoms with Crippen molar-refractivity contribution < 1.29 is 23.6 Å². The van der Waals surface area contributed by atoms with Crippen molar-refractivity contribution >= 4 is 29.1 Å². The second kappa shape index (κ2) is 6.15. The maximum Gasteiger partial charge on any atom is 0.240 e. The number of benzene rings is 2. The Hall–Kier alpha value is -3.19. The molecule has 30 heavy (non-hydrogen) atoms. The van der Waals surface area contributed by atoms with Crippen molar-refractivity contribution in [3.63, 3.8) is 0 Å². The molecule has 2 amide bonds. The highest BCUT2D eigenvalue weighted by Gasteiger charge is 2.73. The maximum absolute atomic E-state index is 13.5. The van der Waals surface area contributed by atoms with Crippen LogP contribution in [0, 0.1) is 23.6 Å². The summed E-state index contributed by atoms with van der Waals surface area (Å²) < 4.78 is 13.4. The van der Waals surface area contributed by atoms with Gasteiger partial charge in [-0.05, 0) is 30.2 Å². The van der Waals surface area contributed by atoms with Gasteiger partial charge < -0.3 is 0 Å². The minimum absolute atomic E-state index is 0.105. The van der Waals surface area contributed by atoms with Crippen LogP contribution in [-0.4, -0.2) is 35.0 Å². The average Bonchev–Trinajstić information content (AvgIpc) is 3.29. The SMILES string of the molecule is CC(C)[C@H]1NC2(C(=O)c3ccccc3C2=O)[C@@H]2C(=O)N(c3ccc(F)cc3)C(=O)[C@@H]12. The van der Waals surface area contributed by atoms with Gasteiger partial charge in [-0.1, -0.05) is 38.1 Å². The van der Waals surface area contributed by atoms with Crippen molar-refractivity contribution in [2.45, 2.75) is 25.4 Å². The van der Waals surface area contributed by atoms with Gasteiger partial charge in [0, 0.05) is 17.2 Å². The fraction of sp³-hybridized carbons (Fsp3) is 0.304. The third-order valence-corrected chi connectivity index (χ3v) is 6.53. The minimum Gasteiger partial charge on any atom is -0.294 e. The standard InChI is InChI=1S/C23H19FN2O4/c1-11(2)18-16-17(22(30)26(21(16)29)13-9-7-12(24)8-10-13)23(25-18)19(27)14-5-3-4-6-15(14)20(23)28/h3-11,16-18,25H,1-2H3/t16-,17+,18-/m1/s1. The van der Waals surface area contributed by atoms with Gasteiger partial charge in [0.25, 0.3) is 0 Å². The number of imide groups is 1. The van der Waals surface area contributed by atoms with Crippen LogP contribution in [0.3, 0.4) is 0 Å². The highest BCUT2D eigenvalue weighted by molar-refractivity contribution is 6.37. The normalized spacial score (nSPS) is 26.8. The van der Waals surface area contributed by atoms with Gasteiger partial charge in [-0.15, -0.1) is 0 Å². The quantitative estimate of drug-likeness (QED) is 0.612. The molecule has 3 aliphatic rings. The average molecular weight is 406 g/mol. The number of rotatable bonds is 2. The summed E-state index contributed by atoms with van der Waals surface area (Å²) in [7, 11) is 0. The van der Waals surface area contributed by atoms with E-state index in [1.54, 1.807) is 24.3 Å². The van der Waals surface area contributed by atoms with Crippen molar-refractivity contribution in [1.29, 1.82) is 0 Å². The number of amides is 2. The van der Waals surface area contributed by atoms with E-state index in [2.05, 4.69) is 5.32 Å². The first-order valence-corrected chi connectivity index (χ1v) is 9.88. The van der Waals surface area contributed by atoms with E-state index in [9.17, 15) is 23.6 Å². The Bertz CT molecular complexity index is 1090. The molecule has 6 nitrogen and oxygen atoms in total. The fourth-order valence-corrected chi connectivity index (χ4v) is 5.20. The van der Waals surface area contributed by atoms with E-state index < -0.39 is 52.6 Å². The highest BCUT2D eigenvalue weighted by atomic mass is 19.1. The Kier molecular flexibility index (Phi) is 3.86. The second-order valence-electron chi connectivity index (χ2n) is 8.42. The zero-order valence-electron chi connectivity index (χ0n) is 16.4. The number of anilines is 1. The molecule has 0 bridgehead atoms. The zero-order chi connectivity index (χ0) is 21.4. The summed E-state index contributed by atoms with van der Waals surface area (Å²) in [4.78, 5) is 54.8. The van der Waals surface area contributed by atoms with E-state index in [0.717, 1.165) is 4.90 Å². The molecule has 1 N–H and O–H groups in total. The molecule has 2 saturated heterocycles. The Labute approximate surface area is 172 Å². The lowest BCUT2D eigenvalue weighted by atomic mass is 9.76. The maximum atomic E-state index is 13.5. The molecular weight excluding hydrogens is 387 g/mol. The molecule has 2 aliphatic heterocycles. The lowest BCUT2D eigenvalue weighted by Crippen LogP contribution is -2.59. The number of nitrogens with zero attached hydrogens (tertiary/aromatic N) is 1. The summed E-state index contributed by atoms with van der Waals surface area (Å²) in [5, 5.41) is 3.13. The highest BCUT2D eigenvalue weighted by Crippen LogP contribution is 2.50. The van der Waals surface area contributed by atoms with Crippen LogP contribution in [-0.2, 0) is 9.59 Å². The first-order valence-electron chi connectivity index (χ1n) is 9.88. The van der Waals surface area contributed by atoms with Crippen LogP contribution in [0.2, 0.25) is 0 Å². The molecule has 7 heteroatoms. The van der Waals surface area contributed by atoms with Crippen molar-refractivity contribution in [3.8, 4) is 0 Å². The van der Waals surface area contributed by atoms with Gasteiger partial charge in [-0.2, -0.15) is 0 Å². The second-order valence-corrected chi connectivity index (χ2v) is 8.42. The predicted octanol–water partition coefficient (Wildman–Crippen LogP) is 2.38. The number of ketones is 2. The Morgan fingerprint density at radius 1 is 0.900 bits per heavy atom. The predicted molar refractivity (Wildman–Crippen MR) is 105 cm³/mol. The molecule has 2 heterocycles. The number of Topliss-reactive ketones (excluding diaryl/α,β-unsaturated/α-hetero) is 2. The van der Waals surface area contributed by atoms with E-state index in [1.165, 1.54) is 24.3 Å². The molecule has 0 unspecified atom stereocenters. The van der Waals surface area contributed by atoms with Crippen LogP contribution < -0.4 is 10.2 Å². The van der Waals surface area contributed by atoms with Crippen molar-refractivity contribution in [3.05, 3.63) is 65.5 Å². The first-order chi connectivity index (χ1) is 14.3. The number of hydrogen-bond acceptors (Lipinski definition) is 5. The molecule has 2 fully saturated rings. The summed E-state index contributed by atoms with van der Waals surface area (Å²) in [5.74, 6) is -4.62. The molecule has 2 aromatic carbocycles. The van der Waals surface area contributed by atoms with Crippen LogP contribution in [0.1, 0.15) is 34.6 Å². The number of halogens is 1. The van der Waals surface area contributed by atoms with Crippen LogP contribution >= 0.6 is 0 Å². The van der Waals surface area contributed by atoms with Gasteiger partial charge >= 0.3 is 0 Å². The molecule has 152 valence electrons. The van der Waals surface area contributed by atoms with Gasteiger partial charge in [-0.3, -0.25) is 24.5 Å². The van der Waals surface area contributed by atoms with Gasteiger partial charge in [0.1, 0.15) is 5.82 Å². The summed E-state index contributed by atoms with van der Waals surface area (Å²) in [6.07, 6.45) is 0. The van der Waals surface area contributed by atoms with Gasteiger partial charge in [0.2, 0.25) is 11.8 Å². The molecule has 5 rings (SSSR count). The van der Waals surface area contributed by atoms with Crippen LogP contribution in [0.25, 0.3) is 0 Å². The largest absolute Gasteiger partial charge is 0.294 e. The molecule has 0 saturated carbocycles. The van der Waals surface area contributed by atoms with Crippen LogP contribution in [0.5, 0.6) is 0 Å². The number of fused-ring (bicyclic) bond motifs is 3. The number of hydrogen-bond donors (Lipinski definition) is 1. The van der Waals surface area contributed by atoms with Gasteiger partial charge in [0.15, 0.2) is 17.1 Å².